The molecule has 9 nitrogen and oxygen atoms in total. The number of hydrogen-bond acceptors (Lipinski definition) is 6. The minimum Gasteiger partial charge on any atom is -0.493 e. The Bertz CT molecular complexity index is 1040. The third kappa shape index (κ3) is 5.93. The van der Waals surface area contributed by atoms with Gasteiger partial charge in [0.15, 0.2) is 17.2 Å². The van der Waals surface area contributed by atoms with E-state index in [1.54, 1.807) is 20.3 Å². The molecule has 0 atom stereocenters. The molecule has 0 aliphatic rings. The zero-order valence-electron chi connectivity index (χ0n) is 19.6. The van der Waals surface area contributed by atoms with Crippen LogP contribution in [0.3, 0.4) is 0 Å². The quantitative estimate of drug-likeness (QED) is 0.547. The molecule has 0 saturated carbocycles. The largest absolute Gasteiger partial charge is 0.493 e. The number of nitrogens with two attached hydrogens (primary N) is 1. The highest BCUT2D eigenvalue weighted by Gasteiger charge is 2.25. The molecule has 0 saturated heterocycles. The van der Waals surface area contributed by atoms with Crippen molar-refractivity contribution in [1.29, 1.82) is 0 Å². The number of rotatable bonds is 11. The van der Waals surface area contributed by atoms with Gasteiger partial charge in [-0.05, 0) is 36.5 Å². The molecule has 176 valence electrons. The van der Waals surface area contributed by atoms with E-state index in [2.05, 4.69) is 4.98 Å². The fourth-order valence-electron chi connectivity index (χ4n) is 3.48. The second-order valence-corrected chi connectivity index (χ2v) is 8.09. The number of benzene rings is 1. The Balaban J connectivity index is 2.35. The number of nitrogens with zero attached hydrogens (tertiary/aromatic N) is 2. The number of amides is 1. The van der Waals surface area contributed by atoms with Crippen LogP contribution in [0.25, 0.3) is 0 Å². The van der Waals surface area contributed by atoms with Crippen LogP contribution in [-0.2, 0) is 17.8 Å². The normalized spacial score (nSPS) is 10.9. The van der Waals surface area contributed by atoms with Gasteiger partial charge < -0.3 is 20.1 Å². The number of hydrogen-bond donors (Lipinski definition) is 2. The number of carbonyl (C=O) groups is 1. The second kappa shape index (κ2) is 11.4. The number of nitrogens with one attached hydrogen (secondary N) is 1. The Morgan fingerprint density at radius 3 is 2.47 bits per heavy atom. The van der Waals surface area contributed by atoms with Crippen LogP contribution in [0, 0.1) is 5.92 Å². The zero-order valence-corrected chi connectivity index (χ0v) is 19.6. The van der Waals surface area contributed by atoms with Gasteiger partial charge in [0.25, 0.3) is 5.56 Å². The molecule has 0 unspecified atom stereocenters. The van der Waals surface area contributed by atoms with Crippen LogP contribution in [-0.4, -0.2) is 36.2 Å². The Labute approximate surface area is 188 Å². The maximum Gasteiger partial charge on any atom is 0.330 e. The van der Waals surface area contributed by atoms with E-state index in [1.807, 2.05) is 32.9 Å². The number of methoxy groups -OCH3 is 2. The van der Waals surface area contributed by atoms with E-state index >= 15 is 0 Å². The summed E-state index contributed by atoms with van der Waals surface area (Å²) in [5, 5.41) is 0. The fraction of sp³-hybridized carbons (Fsp3) is 0.522. The first-order chi connectivity index (χ1) is 15.2. The molecule has 1 aromatic heterocycles. The van der Waals surface area contributed by atoms with Crippen molar-refractivity contribution in [2.45, 2.75) is 53.0 Å². The van der Waals surface area contributed by atoms with Gasteiger partial charge in [0.05, 0.1) is 14.2 Å². The molecule has 0 aliphatic heterocycles. The molecule has 0 spiro atoms. The average Bonchev–Trinajstić information content (AvgIpc) is 2.75. The second-order valence-electron chi connectivity index (χ2n) is 8.09. The van der Waals surface area contributed by atoms with Gasteiger partial charge in [0.1, 0.15) is 5.82 Å². The Hall–Kier alpha value is -3.23. The summed E-state index contributed by atoms with van der Waals surface area (Å²) in [4.78, 5) is 41.9. The summed E-state index contributed by atoms with van der Waals surface area (Å²) in [5.74, 6) is 1.06. The van der Waals surface area contributed by atoms with Crippen LogP contribution in [0.5, 0.6) is 11.5 Å². The van der Waals surface area contributed by atoms with Gasteiger partial charge in [0, 0.05) is 19.5 Å². The number of nitrogen functional groups attached to an aromatic ring is 1. The summed E-state index contributed by atoms with van der Waals surface area (Å²) < 4.78 is 11.9. The van der Waals surface area contributed by atoms with Crippen LogP contribution in [0.4, 0.5) is 11.5 Å². The topological polar surface area (TPSA) is 120 Å². The summed E-state index contributed by atoms with van der Waals surface area (Å²) in [6.07, 6.45) is 2.20. The molecule has 32 heavy (non-hydrogen) atoms. The van der Waals surface area contributed by atoms with E-state index in [1.165, 1.54) is 9.47 Å². The first kappa shape index (κ1) is 25.0. The van der Waals surface area contributed by atoms with Crippen LogP contribution in [0.15, 0.2) is 27.8 Å². The lowest BCUT2D eigenvalue weighted by atomic mass is 10.1. The molecule has 0 radical (unpaired) electrons. The molecule has 0 fully saturated rings. The molecule has 1 heterocycles. The highest BCUT2D eigenvalue weighted by molar-refractivity contribution is 5.95. The molecule has 3 N–H and O–H groups in total. The maximum atomic E-state index is 13.2. The fourth-order valence-corrected chi connectivity index (χ4v) is 3.48. The molecular formula is C23H34N4O5. The summed E-state index contributed by atoms with van der Waals surface area (Å²) in [7, 11) is 3.12. The van der Waals surface area contributed by atoms with E-state index in [0.29, 0.717) is 31.0 Å². The minimum atomic E-state index is -0.652. The van der Waals surface area contributed by atoms with Crippen molar-refractivity contribution < 1.29 is 14.3 Å². The highest BCUT2D eigenvalue weighted by Crippen LogP contribution is 2.28. The van der Waals surface area contributed by atoms with Gasteiger partial charge in [0.2, 0.25) is 5.91 Å². The molecule has 0 bridgehead atoms. The van der Waals surface area contributed by atoms with Gasteiger partial charge in [-0.3, -0.25) is 19.1 Å². The Kier molecular flexibility index (Phi) is 8.92. The van der Waals surface area contributed by atoms with Crippen LogP contribution >= 0.6 is 0 Å². The summed E-state index contributed by atoms with van der Waals surface area (Å²) in [6.45, 7) is 6.58. The number of aromatic nitrogens is 2. The van der Waals surface area contributed by atoms with Crippen LogP contribution in [0.1, 0.15) is 45.6 Å². The number of anilines is 2. The third-order valence-corrected chi connectivity index (χ3v) is 5.14. The van der Waals surface area contributed by atoms with Crippen LogP contribution < -0.4 is 31.4 Å². The summed E-state index contributed by atoms with van der Waals surface area (Å²) in [6, 6.07) is 5.48. The number of unbranched alkanes of at least 4 members (excludes halogenated alkanes) is 1. The molecule has 1 aromatic carbocycles. The average molecular weight is 447 g/mol. The van der Waals surface area contributed by atoms with E-state index in [9.17, 15) is 14.4 Å². The molecule has 2 rings (SSSR count). The van der Waals surface area contributed by atoms with Crippen molar-refractivity contribution in [1.82, 2.24) is 9.55 Å². The monoisotopic (exact) mass is 446 g/mol. The van der Waals surface area contributed by atoms with Gasteiger partial charge >= 0.3 is 5.69 Å². The third-order valence-electron chi connectivity index (χ3n) is 5.14. The Morgan fingerprint density at radius 1 is 1.19 bits per heavy atom. The van der Waals surface area contributed by atoms with Crippen molar-refractivity contribution in [3.05, 3.63) is 44.6 Å². The van der Waals surface area contributed by atoms with Crippen LogP contribution in [0.2, 0.25) is 0 Å². The lowest BCUT2D eigenvalue weighted by molar-refractivity contribution is -0.118. The van der Waals surface area contributed by atoms with Gasteiger partial charge in [-0.1, -0.05) is 33.3 Å². The number of carbonyl (C=O) groups excluding carboxylic acids is 1. The van der Waals surface area contributed by atoms with Crippen molar-refractivity contribution >= 4 is 17.4 Å². The lowest BCUT2D eigenvalue weighted by Crippen LogP contribution is -2.42. The summed E-state index contributed by atoms with van der Waals surface area (Å²) in [5.41, 5.74) is 5.95. The molecule has 2 aromatic rings. The standard InChI is InChI=1S/C23H34N4O5/c1-6-7-12-26-21(24)20(22(29)25-23(26)30)27(14-15(2)3)19(28)11-9-16-8-10-17(31-4)18(13-16)32-5/h8,10,13,15H,6-7,9,11-12,14,24H2,1-5H3,(H,25,29,30). The smallest absolute Gasteiger partial charge is 0.330 e. The first-order valence-electron chi connectivity index (χ1n) is 10.9. The van der Waals surface area contributed by atoms with E-state index < -0.39 is 11.2 Å². The number of aryl methyl sites for hydroxylation is 1. The lowest BCUT2D eigenvalue weighted by Gasteiger charge is -2.26. The molecular weight excluding hydrogens is 412 g/mol. The van der Waals surface area contributed by atoms with Gasteiger partial charge in [-0.2, -0.15) is 0 Å². The highest BCUT2D eigenvalue weighted by atomic mass is 16.5. The van der Waals surface area contributed by atoms with Crippen molar-refractivity contribution in [2.24, 2.45) is 5.92 Å². The molecule has 0 aliphatic carbocycles. The molecule has 9 heteroatoms. The maximum absolute atomic E-state index is 13.2. The number of aromatic amines is 1. The summed E-state index contributed by atoms with van der Waals surface area (Å²) >= 11 is 0. The predicted octanol–water partition coefficient (Wildman–Crippen LogP) is 2.56. The van der Waals surface area contributed by atoms with E-state index in [-0.39, 0.29) is 29.8 Å². The number of ether oxygens (including phenoxy) is 2. The van der Waals surface area contributed by atoms with E-state index in [4.69, 9.17) is 15.2 Å². The minimum absolute atomic E-state index is 0.0207. The molecule has 1 amide bonds. The SMILES string of the molecule is CCCCn1c(N)c(N(CC(C)C)C(=O)CCc2ccc(OC)c(OC)c2)c(=O)[nH]c1=O. The van der Waals surface area contributed by atoms with Crippen molar-refractivity contribution in [3.63, 3.8) is 0 Å². The van der Waals surface area contributed by atoms with Gasteiger partial charge in [-0.15, -0.1) is 0 Å². The van der Waals surface area contributed by atoms with E-state index in [0.717, 1.165) is 18.4 Å². The first-order valence-corrected chi connectivity index (χ1v) is 10.9. The predicted molar refractivity (Wildman–Crippen MR) is 126 cm³/mol. The van der Waals surface area contributed by atoms with Crippen molar-refractivity contribution in [3.8, 4) is 11.5 Å². The van der Waals surface area contributed by atoms with Crippen molar-refractivity contribution in [2.75, 3.05) is 31.4 Å². The number of H-pyrrole nitrogens is 1. The zero-order chi connectivity index (χ0) is 23.8. The van der Waals surface area contributed by atoms with Gasteiger partial charge in [-0.25, -0.2) is 4.79 Å². The Morgan fingerprint density at radius 2 is 1.88 bits per heavy atom.